The molecule has 0 aromatic heterocycles. The zero-order valence-corrected chi connectivity index (χ0v) is 11.9. The average molecular weight is 277 g/mol. The summed E-state index contributed by atoms with van der Waals surface area (Å²) in [6.45, 7) is 5.26. The van der Waals surface area contributed by atoms with Crippen LogP contribution in [0.4, 0.5) is 0 Å². The van der Waals surface area contributed by atoms with Crippen molar-refractivity contribution in [3.05, 3.63) is 0 Å². The SMILES string of the molecule is CNC1CCN(S(=O)(=O)N2CCOCC2)CC1C. The summed E-state index contributed by atoms with van der Waals surface area (Å²) in [7, 11) is -1.35. The molecule has 2 fully saturated rings. The Labute approximate surface area is 109 Å². The van der Waals surface area contributed by atoms with Gasteiger partial charge in [0.1, 0.15) is 0 Å². The third-order valence-corrected chi connectivity index (χ3v) is 5.86. The largest absolute Gasteiger partial charge is 0.379 e. The topological polar surface area (TPSA) is 61.9 Å². The van der Waals surface area contributed by atoms with Crippen molar-refractivity contribution in [2.75, 3.05) is 46.4 Å². The van der Waals surface area contributed by atoms with Gasteiger partial charge in [-0.1, -0.05) is 6.92 Å². The summed E-state index contributed by atoms with van der Waals surface area (Å²) in [6, 6.07) is 0.418. The molecule has 2 heterocycles. The Bertz CT molecular complexity index is 368. The number of nitrogens with one attached hydrogen (secondary N) is 1. The predicted molar refractivity (Wildman–Crippen MR) is 69.5 cm³/mol. The number of piperidine rings is 1. The third kappa shape index (κ3) is 2.85. The Morgan fingerprint density at radius 2 is 1.83 bits per heavy atom. The minimum absolute atomic E-state index is 0.347. The molecule has 0 aromatic carbocycles. The van der Waals surface area contributed by atoms with Crippen molar-refractivity contribution in [1.29, 1.82) is 0 Å². The molecule has 0 radical (unpaired) electrons. The third-order valence-electron chi connectivity index (χ3n) is 3.86. The Balaban J connectivity index is 2.02. The highest BCUT2D eigenvalue weighted by Crippen LogP contribution is 2.21. The lowest BCUT2D eigenvalue weighted by molar-refractivity contribution is 0.0687. The molecule has 18 heavy (non-hydrogen) atoms. The highest BCUT2D eigenvalue weighted by molar-refractivity contribution is 7.86. The first-order chi connectivity index (χ1) is 8.55. The summed E-state index contributed by atoms with van der Waals surface area (Å²) in [6.07, 6.45) is 0.876. The molecular weight excluding hydrogens is 254 g/mol. The van der Waals surface area contributed by atoms with E-state index in [4.69, 9.17) is 4.74 Å². The van der Waals surface area contributed by atoms with Crippen molar-refractivity contribution >= 4 is 10.2 Å². The zero-order chi connectivity index (χ0) is 13.2. The highest BCUT2D eigenvalue weighted by Gasteiger charge is 2.36. The minimum atomic E-state index is -3.29. The fourth-order valence-corrected chi connectivity index (χ4v) is 4.38. The molecule has 0 spiro atoms. The van der Waals surface area contributed by atoms with Crippen LogP contribution in [0.5, 0.6) is 0 Å². The van der Waals surface area contributed by atoms with Gasteiger partial charge >= 0.3 is 0 Å². The molecule has 0 saturated carbocycles. The first-order valence-electron chi connectivity index (χ1n) is 6.56. The summed E-state index contributed by atoms with van der Waals surface area (Å²) < 4.78 is 33.3. The fourth-order valence-electron chi connectivity index (χ4n) is 2.69. The molecule has 0 bridgehead atoms. The fraction of sp³-hybridized carbons (Fsp3) is 1.00. The van der Waals surface area contributed by atoms with E-state index in [0.29, 0.717) is 51.4 Å². The lowest BCUT2D eigenvalue weighted by Crippen LogP contribution is -2.54. The second-order valence-corrected chi connectivity index (χ2v) is 6.97. The maximum absolute atomic E-state index is 12.5. The summed E-state index contributed by atoms with van der Waals surface area (Å²) in [5, 5.41) is 3.25. The number of nitrogens with zero attached hydrogens (tertiary/aromatic N) is 2. The van der Waals surface area contributed by atoms with E-state index in [-0.39, 0.29) is 0 Å². The normalized spacial score (nSPS) is 32.6. The van der Waals surface area contributed by atoms with E-state index in [9.17, 15) is 8.42 Å². The summed E-state index contributed by atoms with van der Waals surface area (Å²) in [5.74, 6) is 0.347. The van der Waals surface area contributed by atoms with Gasteiger partial charge in [-0.05, 0) is 19.4 Å². The maximum atomic E-state index is 12.5. The van der Waals surface area contributed by atoms with Crippen LogP contribution in [0, 0.1) is 5.92 Å². The predicted octanol–water partition coefficient (Wildman–Crippen LogP) is -0.507. The van der Waals surface area contributed by atoms with Crippen LogP contribution in [-0.4, -0.2) is 69.5 Å². The Morgan fingerprint density at radius 1 is 1.17 bits per heavy atom. The van der Waals surface area contributed by atoms with Gasteiger partial charge in [0.05, 0.1) is 13.2 Å². The summed E-state index contributed by atoms with van der Waals surface area (Å²) in [5.41, 5.74) is 0. The van der Waals surface area contributed by atoms with Gasteiger partial charge in [0.15, 0.2) is 0 Å². The Hall–Kier alpha value is -0.210. The number of rotatable bonds is 3. The maximum Gasteiger partial charge on any atom is 0.282 e. The van der Waals surface area contributed by atoms with E-state index in [1.165, 1.54) is 0 Å². The number of ether oxygens (including phenoxy) is 1. The lowest BCUT2D eigenvalue weighted by Gasteiger charge is -2.39. The average Bonchev–Trinajstić information content (AvgIpc) is 2.39. The van der Waals surface area contributed by atoms with Crippen LogP contribution < -0.4 is 5.32 Å². The van der Waals surface area contributed by atoms with Gasteiger partial charge in [0.25, 0.3) is 10.2 Å². The quantitative estimate of drug-likeness (QED) is 0.755. The van der Waals surface area contributed by atoms with Gasteiger partial charge in [-0.3, -0.25) is 0 Å². The second kappa shape index (κ2) is 5.83. The molecule has 6 nitrogen and oxygen atoms in total. The van der Waals surface area contributed by atoms with Gasteiger partial charge < -0.3 is 10.1 Å². The molecule has 2 rings (SSSR count). The van der Waals surface area contributed by atoms with E-state index < -0.39 is 10.2 Å². The van der Waals surface area contributed by atoms with Crippen molar-refractivity contribution < 1.29 is 13.2 Å². The minimum Gasteiger partial charge on any atom is -0.379 e. The van der Waals surface area contributed by atoms with Crippen LogP contribution in [0.3, 0.4) is 0 Å². The van der Waals surface area contributed by atoms with Crippen LogP contribution >= 0.6 is 0 Å². The van der Waals surface area contributed by atoms with Crippen molar-refractivity contribution in [1.82, 2.24) is 13.9 Å². The van der Waals surface area contributed by atoms with E-state index in [0.717, 1.165) is 6.42 Å². The lowest BCUT2D eigenvalue weighted by atomic mass is 9.96. The highest BCUT2D eigenvalue weighted by atomic mass is 32.2. The van der Waals surface area contributed by atoms with Gasteiger partial charge in [0, 0.05) is 32.2 Å². The standard InChI is InChI=1S/C11H23N3O3S/c1-10-9-14(4-3-11(10)12-2)18(15,16)13-5-7-17-8-6-13/h10-12H,3-9H2,1-2H3. The number of morpholine rings is 1. The summed E-state index contributed by atoms with van der Waals surface area (Å²) in [4.78, 5) is 0. The molecule has 2 unspecified atom stereocenters. The molecule has 2 aliphatic rings. The number of hydrogen-bond acceptors (Lipinski definition) is 4. The van der Waals surface area contributed by atoms with E-state index >= 15 is 0 Å². The molecule has 7 heteroatoms. The van der Waals surface area contributed by atoms with Gasteiger partial charge in [-0.2, -0.15) is 17.0 Å². The smallest absolute Gasteiger partial charge is 0.282 e. The number of hydrogen-bond donors (Lipinski definition) is 1. The van der Waals surface area contributed by atoms with Crippen molar-refractivity contribution in [2.45, 2.75) is 19.4 Å². The molecule has 2 saturated heterocycles. The first-order valence-corrected chi connectivity index (χ1v) is 7.95. The molecular formula is C11H23N3O3S. The van der Waals surface area contributed by atoms with E-state index in [2.05, 4.69) is 12.2 Å². The van der Waals surface area contributed by atoms with Crippen LogP contribution in [0.15, 0.2) is 0 Å². The molecule has 2 atom stereocenters. The van der Waals surface area contributed by atoms with Gasteiger partial charge in [-0.15, -0.1) is 0 Å². The van der Waals surface area contributed by atoms with Crippen LogP contribution in [0.25, 0.3) is 0 Å². The van der Waals surface area contributed by atoms with Crippen molar-refractivity contribution in [3.63, 3.8) is 0 Å². The van der Waals surface area contributed by atoms with Crippen LogP contribution in [0.1, 0.15) is 13.3 Å². The monoisotopic (exact) mass is 277 g/mol. The van der Waals surface area contributed by atoms with E-state index in [1.807, 2.05) is 7.05 Å². The van der Waals surface area contributed by atoms with Gasteiger partial charge in [0.2, 0.25) is 0 Å². The molecule has 0 aliphatic carbocycles. The molecule has 0 amide bonds. The van der Waals surface area contributed by atoms with Crippen molar-refractivity contribution in [3.8, 4) is 0 Å². The summed E-state index contributed by atoms with van der Waals surface area (Å²) >= 11 is 0. The Kier molecular flexibility index (Phi) is 4.60. The van der Waals surface area contributed by atoms with Crippen LogP contribution in [-0.2, 0) is 14.9 Å². The molecule has 1 N–H and O–H groups in total. The van der Waals surface area contributed by atoms with Gasteiger partial charge in [-0.25, -0.2) is 0 Å². The van der Waals surface area contributed by atoms with E-state index in [1.54, 1.807) is 8.61 Å². The molecule has 106 valence electrons. The second-order valence-electron chi connectivity index (χ2n) is 5.04. The van der Waals surface area contributed by atoms with Crippen LogP contribution in [0.2, 0.25) is 0 Å². The molecule has 0 aromatic rings. The molecule has 2 aliphatic heterocycles. The Morgan fingerprint density at radius 3 is 2.39 bits per heavy atom. The van der Waals surface area contributed by atoms with Crippen molar-refractivity contribution in [2.24, 2.45) is 5.92 Å². The first kappa shape index (κ1) is 14.2. The zero-order valence-electron chi connectivity index (χ0n) is 11.1.